The van der Waals surface area contributed by atoms with Crippen molar-refractivity contribution in [2.45, 2.75) is 0 Å². The quantitative estimate of drug-likeness (QED) is 0.0904. The van der Waals surface area contributed by atoms with Crippen molar-refractivity contribution in [1.82, 2.24) is 15.4 Å². The second kappa shape index (κ2) is 18.5. The van der Waals surface area contributed by atoms with Crippen molar-refractivity contribution < 1.29 is 0 Å². The summed E-state index contributed by atoms with van der Waals surface area (Å²) in [5.74, 6) is 0. The fraction of sp³-hybridized carbons (Fsp3) is 0.138. The molecule has 8 N–H and O–H groups in total. The van der Waals surface area contributed by atoms with E-state index in [0.29, 0.717) is 4.32 Å². The Morgan fingerprint density at radius 2 is 1.00 bits per heavy atom. The highest BCUT2D eigenvalue weighted by Gasteiger charge is 2.18. The summed E-state index contributed by atoms with van der Waals surface area (Å²) in [6.45, 7) is 3.76. The Kier molecular flexibility index (Phi) is 14.8. The summed E-state index contributed by atoms with van der Waals surface area (Å²) in [4.78, 5) is 0. The minimum Gasteiger partial charge on any atom is -0.399 e. The maximum absolute atomic E-state index is 5.36. The van der Waals surface area contributed by atoms with Crippen LogP contribution in [0.25, 0.3) is 0 Å². The van der Waals surface area contributed by atoms with Gasteiger partial charge in [0.25, 0.3) is 0 Å². The van der Waals surface area contributed by atoms with Crippen molar-refractivity contribution in [3.63, 3.8) is 0 Å². The summed E-state index contributed by atoms with van der Waals surface area (Å²) in [6.07, 6.45) is 0. The van der Waals surface area contributed by atoms with Crippen LogP contribution in [0.5, 0.6) is 0 Å². The lowest BCUT2D eigenvalue weighted by Crippen LogP contribution is -2.55. The highest BCUT2D eigenvalue weighted by molar-refractivity contribution is 8.10. The number of benzene rings is 4. The van der Waals surface area contributed by atoms with E-state index < -0.39 is 0 Å². The third kappa shape index (κ3) is 13.5. The van der Waals surface area contributed by atoms with Crippen molar-refractivity contribution in [2.75, 3.05) is 48.8 Å². The zero-order valence-corrected chi connectivity index (χ0v) is 23.1. The number of hydrazine groups is 2. The van der Waals surface area contributed by atoms with Gasteiger partial charge >= 0.3 is 0 Å². The fourth-order valence-electron chi connectivity index (χ4n) is 3.09. The Labute approximate surface area is 237 Å². The molecule has 1 aliphatic heterocycles. The first-order chi connectivity index (χ1) is 18.5. The molecule has 4 aromatic carbocycles. The van der Waals surface area contributed by atoms with Crippen LogP contribution in [0.4, 0.5) is 22.7 Å². The number of nitrogen functional groups attached to an aromatic ring is 3. The van der Waals surface area contributed by atoms with Crippen LogP contribution in [0.1, 0.15) is 0 Å². The number of thiol groups is 1. The molecule has 0 radical (unpaired) electrons. The van der Waals surface area contributed by atoms with Crippen molar-refractivity contribution in [3.8, 4) is 0 Å². The van der Waals surface area contributed by atoms with Gasteiger partial charge in [0.1, 0.15) is 0 Å². The van der Waals surface area contributed by atoms with E-state index in [-0.39, 0.29) is 0 Å². The van der Waals surface area contributed by atoms with E-state index in [2.05, 4.69) is 28.4 Å². The highest BCUT2D eigenvalue weighted by Crippen LogP contribution is 2.11. The number of thiocarbonyl (C=S) groups is 1. The monoisotopic (exact) mass is 547 g/mol. The first kappa shape index (κ1) is 30.5. The van der Waals surface area contributed by atoms with E-state index in [4.69, 9.17) is 29.4 Å². The van der Waals surface area contributed by atoms with E-state index >= 15 is 0 Å². The number of para-hydroxylation sites is 4. The van der Waals surface area contributed by atoms with Crippen LogP contribution in [0.2, 0.25) is 0 Å². The number of hydrogen-bond acceptors (Lipinski definition) is 7. The molecule has 0 bridgehead atoms. The average molecular weight is 548 g/mol. The van der Waals surface area contributed by atoms with Gasteiger partial charge in [-0.2, -0.15) is 10.1 Å². The van der Waals surface area contributed by atoms with Gasteiger partial charge in [0, 0.05) is 43.2 Å². The summed E-state index contributed by atoms with van der Waals surface area (Å²) in [5.41, 5.74) is 22.8. The standard InChI is InChI=1S/C11H16N4S2.3C6H7N/c16-11(17)15(14-8-6-12-7-9-14)13-10-4-2-1-3-5-10;3*7-6-4-2-1-3-5-6/h1-5,12-13H,6-9H2,(H,16,17);3*1-5H,7H2. The summed E-state index contributed by atoms with van der Waals surface area (Å²) in [7, 11) is 0. The topological polar surface area (TPSA) is 109 Å². The Hall–Kier alpha value is -3.76. The first-order valence-electron chi connectivity index (χ1n) is 12.2. The van der Waals surface area contributed by atoms with Crippen molar-refractivity contribution in [1.29, 1.82) is 0 Å². The summed E-state index contributed by atoms with van der Waals surface area (Å²) in [5, 5.41) is 7.29. The number of hydrogen-bond donors (Lipinski definition) is 6. The number of anilines is 4. The van der Waals surface area contributed by atoms with Crippen LogP contribution in [0.15, 0.2) is 121 Å². The van der Waals surface area contributed by atoms with E-state index in [1.807, 2.05) is 126 Å². The Balaban J connectivity index is 0.000000199. The van der Waals surface area contributed by atoms with Gasteiger partial charge in [-0.25, -0.2) is 0 Å². The molecule has 0 atom stereocenters. The van der Waals surface area contributed by atoms with Gasteiger partial charge in [-0.1, -0.05) is 72.8 Å². The molecule has 200 valence electrons. The zero-order chi connectivity index (χ0) is 27.4. The van der Waals surface area contributed by atoms with Gasteiger partial charge in [-0.3, -0.25) is 5.43 Å². The van der Waals surface area contributed by atoms with Crippen LogP contribution in [-0.2, 0) is 0 Å². The van der Waals surface area contributed by atoms with Crippen LogP contribution >= 0.6 is 24.8 Å². The second-order valence-electron chi connectivity index (χ2n) is 8.01. The number of rotatable bonds is 3. The summed E-state index contributed by atoms with van der Waals surface area (Å²) < 4.78 is 0.524. The average Bonchev–Trinajstić information content (AvgIpc) is 2.95. The largest absolute Gasteiger partial charge is 0.399 e. The molecule has 0 amide bonds. The van der Waals surface area contributed by atoms with Gasteiger partial charge in [0.05, 0.1) is 5.69 Å². The molecule has 0 unspecified atom stereocenters. The lowest BCUT2D eigenvalue weighted by molar-refractivity contribution is 0.0600. The molecule has 0 spiro atoms. The van der Waals surface area contributed by atoms with Crippen LogP contribution in [-0.4, -0.2) is 40.6 Å². The Bertz CT molecular complexity index is 1040. The minimum atomic E-state index is 0.524. The van der Waals surface area contributed by atoms with Crippen molar-refractivity contribution in [3.05, 3.63) is 121 Å². The Morgan fingerprint density at radius 3 is 1.29 bits per heavy atom. The van der Waals surface area contributed by atoms with Gasteiger partial charge < -0.3 is 22.5 Å². The van der Waals surface area contributed by atoms with Gasteiger partial charge in [-0.15, -0.1) is 12.6 Å². The van der Waals surface area contributed by atoms with Crippen LogP contribution in [0.3, 0.4) is 0 Å². The number of nitrogens with one attached hydrogen (secondary N) is 2. The summed E-state index contributed by atoms with van der Waals surface area (Å²) in [6, 6.07) is 38.4. The molecule has 1 aliphatic rings. The molecule has 7 nitrogen and oxygen atoms in total. The van der Waals surface area contributed by atoms with Crippen LogP contribution < -0.4 is 27.9 Å². The van der Waals surface area contributed by atoms with Crippen molar-refractivity contribution in [2.24, 2.45) is 0 Å². The van der Waals surface area contributed by atoms with E-state index in [1.165, 1.54) is 0 Å². The SMILES string of the molecule is Nc1ccccc1.Nc1ccccc1.Nc1ccccc1.S=C(S)N(Nc1ccccc1)N1CCNCC1. The smallest absolute Gasteiger partial charge is 0.169 e. The maximum Gasteiger partial charge on any atom is 0.169 e. The summed E-state index contributed by atoms with van der Waals surface area (Å²) >= 11 is 9.43. The minimum absolute atomic E-state index is 0.524. The lowest BCUT2D eigenvalue weighted by Gasteiger charge is -2.38. The van der Waals surface area contributed by atoms with Crippen LogP contribution in [0, 0.1) is 0 Å². The zero-order valence-electron chi connectivity index (χ0n) is 21.4. The van der Waals surface area contributed by atoms with Gasteiger partial charge in [0.2, 0.25) is 0 Å². The molecule has 1 saturated heterocycles. The molecule has 4 aromatic rings. The van der Waals surface area contributed by atoms with Gasteiger partial charge in [-0.05, 0) is 60.7 Å². The first-order valence-corrected chi connectivity index (χ1v) is 13.0. The van der Waals surface area contributed by atoms with E-state index in [0.717, 1.165) is 48.9 Å². The molecular weight excluding hydrogens is 511 g/mol. The number of nitrogens with zero attached hydrogens (tertiary/aromatic N) is 2. The molecule has 5 rings (SSSR count). The number of piperazine rings is 1. The molecule has 38 heavy (non-hydrogen) atoms. The fourth-order valence-corrected chi connectivity index (χ4v) is 3.42. The molecule has 1 heterocycles. The van der Waals surface area contributed by atoms with Crippen molar-refractivity contribution >= 4 is 51.9 Å². The van der Waals surface area contributed by atoms with Gasteiger partial charge in [0.15, 0.2) is 4.32 Å². The molecule has 0 aliphatic carbocycles. The molecule has 0 aromatic heterocycles. The lowest BCUT2D eigenvalue weighted by atomic mass is 10.3. The molecule has 9 heteroatoms. The van der Waals surface area contributed by atoms with E-state index in [9.17, 15) is 0 Å². The second-order valence-corrected chi connectivity index (χ2v) is 9.12. The highest BCUT2D eigenvalue weighted by atomic mass is 32.1. The number of nitrogens with two attached hydrogens (primary N) is 3. The molecule has 1 fully saturated rings. The van der Waals surface area contributed by atoms with E-state index in [1.54, 1.807) is 0 Å². The third-order valence-electron chi connectivity index (χ3n) is 4.96. The molecule has 0 saturated carbocycles. The third-order valence-corrected chi connectivity index (χ3v) is 5.33. The Morgan fingerprint density at radius 1 is 0.658 bits per heavy atom. The predicted octanol–water partition coefficient (Wildman–Crippen LogP) is 5.16. The molecular formula is C29H37N7S2. The normalized spacial score (nSPS) is 12.1. The maximum atomic E-state index is 5.36. The predicted molar refractivity (Wildman–Crippen MR) is 170 cm³/mol.